The quantitative estimate of drug-likeness (QED) is 0.485. The van der Waals surface area contributed by atoms with Gasteiger partial charge in [-0.05, 0) is 75.4 Å². The molecule has 1 atom stereocenters. The molecular formula is C26H34FNO5. The summed E-state index contributed by atoms with van der Waals surface area (Å²) in [6.45, 7) is 5.78. The van der Waals surface area contributed by atoms with Crippen LogP contribution in [-0.4, -0.2) is 42.0 Å². The molecule has 0 aromatic heterocycles. The van der Waals surface area contributed by atoms with Gasteiger partial charge in [0.1, 0.15) is 5.82 Å². The maximum Gasteiger partial charge on any atom is 0.310 e. The summed E-state index contributed by atoms with van der Waals surface area (Å²) in [5, 5.41) is 0. The van der Waals surface area contributed by atoms with Gasteiger partial charge in [0.05, 0.1) is 30.7 Å². The van der Waals surface area contributed by atoms with Crippen LogP contribution in [0.1, 0.15) is 77.7 Å². The third-order valence-electron chi connectivity index (χ3n) is 6.70. The SMILES string of the molecule is CCOC(=O)CCC1(C)C(=O)N(C2CCCCC2)C(c2ccc(F)cc2)=C1CC(=O)OCC. The molecule has 1 aromatic carbocycles. The second-order valence-electron chi connectivity index (χ2n) is 8.92. The van der Waals surface area contributed by atoms with Crippen LogP contribution in [0, 0.1) is 11.2 Å². The number of ether oxygens (including phenoxy) is 2. The Labute approximate surface area is 195 Å². The number of carbonyl (C=O) groups excluding carboxylic acids is 3. The summed E-state index contributed by atoms with van der Waals surface area (Å²) in [5.41, 5.74) is 0.925. The smallest absolute Gasteiger partial charge is 0.310 e. The molecule has 7 heteroatoms. The summed E-state index contributed by atoms with van der Waals surface area (Å²) in [7, 11) is 0. The van der Waals surface area contributed by atoms with Crippen molar-refractivity contribution >= 4 is 23.5 Å². The minimum Gasteiger partial charge on any atom is -0.466 e. The average Bonchev–Trinajstić information content (AvgIpc) is 3.01. The molecule has 2 aliphatic rings. The van der Waals surface area contributed by atoms with E-state index in [1.165, 1.54) is 12.1 Å². The van der Waals surface area contributed by atoms with Crippen molar-refractivity contribution in [3.63, 3.8) is 0 Å². The highest BCUT2D eigenvalue weighted by molar-refractivity contribution is 6.02. The van der Waals surface area contributed by atoms with Crippen LogP contribution in [0.15, 0.2) is 29.8 Å². The standard InChI is InChI=1S/C26H34FNO5/c1-4-32-22(29)15-16-26(3)21(17-23(30)33-5-2)24(18-11-13-19(27)14-12-18)28(25(26)31)20-9-7-6-8-10-20/h11-14,20H,4-10,15-17H2,1-3H3. The molecule has 6 nitrogen and oxygen atoms in total. The second kappa shape index (κ2) is 10.9. The lowest BCUT2D eigenvalue weighted by Gasteiger charge is -2.35. The summed E-state index contributed by atoms with van der Waals surface area (Å²) in [5.74, 6) is -1.28. The van der Waals surface area contributed by atoms with Gasteiger partial charge in [-0.25, -0.2) is 4.39 Å². The molecule has 1 heterocycles. The van der Waals surface area contributed by atoms with Crippen molar-refractivity contribution in [1.82, 2.24) is 4.90 Å². The van der Waals surface area contributed by atoms with E-state index in [1.54, 1.807) is 32.9 Å². The van der Waals surface area contributed by atoms with Crippen LogP contribution >= 0.6 is 0 Å². The van der Waals surface area contributed by atoms with Crippen molar-refractivity contribution < 1.29 is 28.2 Å². The van der Waals surface area contributed by atoms with Gasteiger partial charge < -0.3 is 14.4 Å². The van der Waals surface area contributed by atoms with Crippen LogP contribution in [0.3, 0.4) is 0 Å². The van der Waals surface area contributed by atoms with E-state index in [0.717, 1.165) is 32.1 Å². The summed E-state index contributed by atoms with van der Waals surface area (Å²) in [6.07, 6.45) is 5.16. The molecule has 1 unspecified atom stereocenters. The number of benzene rings is 1. The third kappa shape index (κ3) is 5.45. The van der Waals surface area contributed by atoms with E-state index >= 15 is 0 Å². The monoisotopic (exact) mass is 459 g/mol. The number of rotatable bonds is 9. The van der Waals surface area contributed by atoms with Gasteiger partial charge in [-0.2, -0.15) is 0 Å². The number of amides is 1. The molecule has 0 spiro atoms. The molecule has 1 aromatic rings. The number of carbonyl (C=O) groups is 3. The van der Waals surface area contributed by atoms with Crippen molar-refractivity contribution in [2.75, 3.05) is 13.2 Å². The Balaban J connectivity index is 2.11. The van der Waals surface area contributed by atoms with Crippen LogP contribution in [0.2, 0.25) is 0 Å². The number of halogens is 1. The lowest BCUT2D eigenvalue weighted by molar-refractivity contribution is -0.144. The van der Waals surface area contributed by atoms with Crippen LogP contribution in [0.25, 0.3) is 5.70 Å². The van der Waals surface area contributed by atoms with Crippen molar-refractivity contribution in [3.05, 3.63) is 41.2 Å². The Morgan fingerprint density at radius 1 is 1.03 bits per heavy atom. The minimum atomic E-state index is -1.05. The molecule has 1 fully saturated rings. The molecule has 0 saturated heterocycles. The maximum absolute atomic E-state index is 14.0. The molecule has 1 aliphatic carbocycles. The second-order valence-corrected chi connectivity index (χ2v) is 8.92. The summed E-state index contributed by atoms with van der Waals surface area (Å²) in [6, 6.07) is 6.03. The van der Waals surface area contributed by atoms with E-state index < -0.39 is 11.4 Å². The molecule has 1 saturated carbocycles. The summed E-state index contributed by atoms with van der Waals surface area (Å²) in [4.78, 5) is 40.6. The van der Waals surface area contributed by atoms with Gasteiger partial charge in [-0.3, -0.25) is 14.4 Å². The lowest BCUT2D eigenvalue weighted by Crippen LogP contribution is -2.42. The zero-order valence-electron chi connectivity index (χ0n) is 19.8. The highest BCUT2D eigenvalue weighted by atomic mass is 19.1. The number of hydrogen-bond acceptors (Lipinski definition) is 5. The van der Waals surface area contributed by atoms with Gasteiger partial charge in [-0.15, -0.1) is 0 Å². The molecule has 180 valence electrons. The van der Waals surface area contributed by atoms with Crippen LogP contribution < -0.4 is 0 Å². The average molecular weight is 460 g/mol. The molecule has 3 rings (SSSR count). The maximum atomic E-state index is 14.0. The topological polar surface area (TPSA) is 72.9 Å². The van der Waals surface area contributed by atoms with E-state index in [9.17, 15) is 18.8 Å². The Bertz CT molecular complexity index is 904. The highest BCUT2D eigenvalue weighted by Crippen LogP contribution is 2.50. The first-order valence-electron chi connectivity index (χ1n) is 12.0. The van der Waals surface area contributed by atoms with E-state index in [4.69, 9.17) is 9.47 Å². The molecule has 1 amide bonds. The zero-order chi connectivity index (χ0) is 24.0. The molecular weight excluding hydrogens is 425 g/mol. The first kappa shape index (κ1) is 24.9. The van der Waals surface area contributed by atoms with Crippen molar-refractivity contribution in [3.8, 4) is 0 Å². The molecule has 0 radical (unpaired) electrons. The van der Waals surface area contributed by atoms with Crippen molar-refractivity contribution in [1.29, 1.82) is 0 Å². The first-order valence-corrected chi connectivity index (χ1v) is 12.0. The van der Waals surface area contributed by atoms with Crippen LogP contribution in [-0.2, 0) is 23.9 Å². The predicted molar refractivity (Wildman–Crippen MR) is 122 cm³/mol. The van der Waals surface area contributed by atoms with Crippen LogP contribution in [0.5, 0.6) is 0 Å². The molecule has 1 aliphatic heterocycles. The van der Waals surface area contributed by atoms with E-state index in [0.29, 0.717) is 16.8 Å². The van der Waals surface area contributed by atoms with Gasteiger partial charge in [0.15, 0.2) is 0 Å². The Morgan fingerprint density at radius 3 is 2.24 bits per heavy atom. The highest BCUT2D eigenvalue weighted by Gasteiger charge is 2.51. The van der Waals surface area contributed by atoms with E-state index in [1.807, 2.05) is 4.90 Å². The largest absolute Gasteiger partial charge is 0.466 e. The third-order valence-corrected chi connectivity index (χ3v) is 6.70. The van der Waals surface area contributed by atoms with Crippen LogP contribution in [0.4, 0.5) is 4.39 Å². The fourth-order valence-corrected chi connectivity index (χ4v) is 4.99. The summed E-state index contributed by atoms with van der Waals surface area (Å²) < 4.78 is 24.0. The fraction of sp³-hybridized carbons (Fsp3) is 0.577. The Morgan fingerprint density at radius 2 is 1.64 bits per heavy atom. The first-order chi connectivity index (χ1) is 15.8. The molecule has 33 heavy (non-hydrogen) atoms. The number of hydrogen-bond donors (Lipinski definition) is 0. The molecule has 0 N–H and O–H groups in total. The zero-order valence-corrected chi connectivity index (χ0v) is 19.8. The van der Waals surface area contributed by atoms with Gasteiger partial charge in [0, 0.05) is 12.5 Å². The van der Waals surface area contributed by atoms with E-state index in [2.05, 4.69) is 0 Å². The number of esters is 2. The summed E-state index contributed by atoms with van der Waals surface area (Å²) >= 11 is 0. The van der Waals surface area contributed by atoms with Gasteiger partial charge in [0.25, 0.3) is 0 Å². The minimum absolute atomic E-state index is 0.00733. The van der Waals surface area contributed by atoms with Gasteiger partial charge in [-0.1, -0.05) is 19.3 Å². The fourth-order valence-electron chi connectivity index (χ4n) is 4.99. The van der Waals surface area contributed by atoms with Crippen molar-refractivity contribution in [2.45, 2.75) is 78.2 Å². The normalized spacial score (nSPS) is 21.5. The van der Waals surface area contributed by atoms with E-state index in [-0.39, 0.29) is 56.2 Å². The lowest BCUT2D eigenvalue weighted by atomic mass is 9.76. The van der Waals surface area contributed by atoms with Gasteiger partial charge in [0.2, 0.25) is 5.91 Å². The van der Waals surface area contributed by atoms with Gasteiger partial charge >= 0.3 is 11.9 Å². The molecule has 0 bridgehead atoms. The predicted octanol–water partition coefficient (Wildman–Crippen LogP) is 5.01. The Hall–Kier alpha value is -2.70. The Kier molecular flexibility index (Phi) is 8.27. The van der Waals surface area contributed by atoms with Crippen molar-refractivity contribution in [2.24, 2.45) is 5.41 Å². The number of nitrogens with zero attached hydrogens (tertiary/aromatic N) is 1.